The molecule has 2 aromatic carbocycles. The predicted molar refractivity (Wildman–Crippen MR) is 65.4 cm³/mol. The van der Waals surface area contributed by atoms with Gasteiger partial charge in [-0.1, -0.05) is 18.2 Å². The Morgan fingerprint density at radius 1 is 1.06 bits per heavy atom. The third-order valence-corrected chi connectivity index (χ3v) is 3.03. The number of rotatable bonds is 1. The highest BCUT2D eigenvalue weighted by atomic mass is 19.1. The van der Waals surface area contributed by atoms with E-state index < -0.39 is 12.0 Å². The molecule has 1 atom stereocenters. The monoisotopic (exact) mass is 243 g/mol. The molecule has 0 spiro atoms. The zero-order valence-electron chi connectivity index (χ0n) is 9.35. The number of anilines is 1. The van der Waals surface area contributed by atoms with Gasteiger partial charge in [-0.2, -0.15) is 0 Å². The van der Waals surface area contributed by atoms with Crippen molar-refractivity contribution >= 4 is 11.6 Å². The summed E-state index contributed by atoms with van der Waals surface area (Å²) in [5.41, 5.74) is 2.86. The fourth-order valence-corrected chi connectivity index (χ4v) is 2.07. The Balaban J connectivity index is 2.06. The lowest BCUT2D eigenvalue weighted by atomic mass is 10.0. The SMILES string of the molecule is O=C1Nc2ccc(-c3ccc(F)cc3)cc2C1O. The van der Waals surface area contributed by atoms with E-state index in [1.54, 1.807) is 24.3 Å². The topological polar surface area (TPSA) is 49.3 Å². The van der Waals surface area contributed by atoms with Crippen LogP contribution in [0.1, 0.15) is 11.7 Å². The largest absolute Gasteiger partial charge is 0.378 e. The Bertz CT molecular complexity index is 622. The second-order valence-electron chi connectivity index (χ2n) is 4.20. The number of nitrogens with one attached hydrogen (secondary N) is 1. The van der Waals surface area contributed by atoms with Crippen LogP contribution in [0.15, 0.2) is 42.5 Å². The highest BCUT2D eigenvalue weighted by Crippen LogP contribution is 2.34. The van der Waals surface area contributed by atoms with Gasteiger partial charge in [-0.15, -0.1) is 0 Å². The molecule has 4 heteroatoms. The van der Waals surface area contributed by atoms with Crippen LogP contribution in [0, 0.1) is 5.82 Å². The van der Waals surface area contributed by atoms with Gasteiger partial charge < -0.3 is 10.4 Å². The highest BCUT2D eigenvalue weighted by Gasteiger charge is 2.28. The zero-order chi connectivity index (χ0) is 12.7. The maximum Gasteiger partial charge on any atom is 0.257 e. The molecule has 1 aliphatic rings. The normalized spacial score (nSPS) is 17.4. The molecule has 0 bridgehead atoms. The van der Waals surface area contributed by atoms with Gasteiger partial charge in [0.2, 0.25) is 0 Å². The van der Waals surface area contributed by atoms with Crippen molar-refractivity contribution in [2.75, 3.05) is 5.32 Å². The van der Waals surface area contributed by atoms with Gasteiger partial charge in [0, 0.05) is 11.3 Å². The predicted octanol–water partition coefficient (Wildman–Crippen LogP) is 2.48. The molecule has 18 heavy (non-hydrogen) atoms. The summed E-state index contributed by atoms with van der Waals surface area (Å²) in [4.78, 5) is 11.3. The highest BCUT2D eigenvalue weighted by molar-refractivity contribution is 6.02. The summed E-state index contributed by atoms with van der Waals surface area (Å²) in [5, 5.41) is 12.3. The smallest absolute Gasteiger partial charge is 0.257 e. The van der Waals surface area contributed by atoms with E-state index in [0.29, 0.717) is 11.3 Å². The number of hydrogen-bond acceptors (Lipinski definition) is 2. The van der Waals surface area contributed by atoms with Crippen LogP contribution in [0.25, 0.3) is 11.1 Å². The Hall–Kier alpha value is -2.20. The fourth-order valence-electron chi connectivity index (χ4n) is 2.07. The van der Waals surface area contributed by atoms with Crippen LogP contribution in [-0.4, -0.2) is 11.0 Å². The van der Waals surface area contributed by atoms with Gasteiger partial charge in [0.1, 0.15) is 5.82 Å². The molecule has 3 rings (SSSR count). The van der Waals surface area contributed by atoms with Crippen molar-refractivity contribution in [1.82, 2.24) is 0 Å². The van der Waals surface area contributed by atoms with E-state index in [1.165, 1.54) is 12.1 Å². The van der Waals surface area contributed by atoms with E-state index in [4.69, 9.17) is 0 Å². The summed E-state index contributed by atoms with van der Waals surface area (Å²) in [6.07, 6.45) is -1.12. The number of benzene rings is 2. The van der Waals surface area contributed by atoms with Crippen molar-refractivity contribution in [3.8, 4) is 11.1 Å². The number of hydrogen-bond donors (Lipinski definition) is 2. The molecule has 0 saturated heterocycles. The molecule has 0 saturated carbocycles. The summed E-state index contributed by atoms with van der Waals surface area (Å²) in [7, 11) is 0. The van der Waals surface area contributed by atoms with E-state index in [-0.39, 0.29) is 5.82 Å². The number of carbonyl (C=O) groups is 1. The Kier molecular flexibility index (Phi) is 2.38. The van der Waals surface area contributed by atoms with E-state index in [9.17, 15) is 14.3 Å². The number of aliphatic hydroxyl groups excluding tert-OH is 1. The van der Waals surface area contributed by atoms with Crippen LogP contribution in [0.2, 0.25) is 0 Å². The molecule has 2 aromatic rings. The third kappa shape index (κ3) is 1.67. The molecule has 1 aliphatic heterocycles. The first kappa shape index (κ1) is 10.9. The molecule has 1 unspecified atom stereocenters. The first-order valence-corrected chi connectivity index (χ1v) is 5.54. The summed E-state index contributed by atoms with van der Waals surface area (Å²) in [6, 6.07) is 11.4. The van der Waals surface area contributed by atoms with Gasteiger partial charge in [0.15, 0.2) is 6.10 Å². The van der Waals surface area contributed by atoms with Gasteiger partial charge in [-0.05, 0) is 35.4 Å². The van der Waals surface area contributed by atoms with Crippen LogP contribution < -0.4 is 5.32 Å². The number of amides is 1. The quantitative estimate of drug-likeness (QED) is 0.808. The Morgan fingerprint density at radius 3 is 2.44 bits per heavy atom. The molecule has 3 nitrogen and oxygen atoms in total. The molecule has 1 amide bonds. The Labute approximate surface area is 103 Å². The van der Waals surface area contributed by atoms with Crippen LogP contribution in [0.4, 0.5) is 10.1 Å². The van der Waals surface area contributed by atoms with Crippen LogP contribution in [-0.2, 0) is 4.79 Å². The number of aliphatic hydroxyl groups is 1. The van der Waals surface area contributed by atoms with Crippen molar-refractivity contribution in [3.05, 3.63) is 53.8 Å². The van der Waals surface area contributed by atoms with Crippen molar-refractivity contribution in [2.45, 2.75) is 6.10 Å². The summed E-state index contributed by atoms with van der Waals surface area (Å²) in [6.45, 7) is 0. The third-order valence-electron chi connectivity index (χ3n) is 3.03. The lowest BCUT2D eigenvalue weighted by Gasteiger charge is -2.05. The average molecular weight is 243 g/mol. The second kappa shape index (κ2) is 3.92. The first-order valence-electron chi connectivity index (χ1n) is 5.54. The lowest BCUT2D eigenvalue weighted by molar-refractivity contribution is -0.123. The second-order valence-corrected chi connectivity index (χ2v) is 4.20. The van der Waals surface area contributed by atoms with Crippen molar-refractivity contribution < 1.29 is 14.3 Å². The van der Waals surface area contributed by atoms with Crippen molar-refractivity contribution in [1.29, 1.82) is 0 Å². The minimum Gasteiger partial charge on any atom is -0.378 e. The molecule has 90 valence electrons. The van der Waals surface area contributed by atoms with E-state index >= 15 is 0 Å². The summed E-state index contributed by atoms with van der Waals surface area (Å²) >= 11 is 0. The zero-order valence-corrected chi connectivity index (χ0v) is 9.35. The number of fused-ring (bicyclic) bond motifs is 1. The summed E-state index contributed by atoms with van der Waals surface area (Å²) in [5.74, 6) is -0.710. The molecule has 2 N–H and O–H groups in total. The van der Waals surface area contributed by atoms with Gasteiger partial charge in [-0.25, -0.2) is 4.39 Å². The minimum atomic E-state index is -1.12. The average Bonchev–Trinajstić information content (AvgIpc) is 2.66. The molecular weight excluding hydrogens is 233 g/mol. The molecule has 0 fully saturated rings. The molecule has 0 radical (unpaired) electrons. The molecule has 0 aliphatic carbocycles. The van der Waals surface area contributed by atoms with Crippen molar-refractivity contribution in [3.63, 3.8) is 0 Å². The lowest BCUT2D eigenvalue weighted by Crippen LogP contribution is -2.10. The van der Waals surface area contributed by atoms with E-state index in [2.05, 4.69) is 5.32 Å². The molecule has 1 heterocycles. The maximum atomic E-state index is 12.8. The maximum absolute atomic E-state index is 12.8. The number of carbonyl (C=O) groups excluding carboxylic acids is 1. The Morgan fingerprint density at radius 2 is 1.72 bits per heavy atom. The minimum absolute atomic E-state index is 0.295. The molecular formula is C14H10FNO2. The molecule has 0 aromatic heterocycles. The van der Waals surface area contributed by atoms with Gasteiger partial charge in [-0.3, -0.25) is 4.79 Å². The van der Waals surface area contributed by atoms with Crippen LogP contribution in [0.3, 0.4) is 0 Å². The first-order chi connectivity index (χ1) is 8.65. The number of halogens is 1. The van der Waals surface area contributed by atoms with Gasteiger partial charge in [0.05, 0.1) is 0 Å². The fraction of sp³-hybridized carbons (Fsp3) is 0.0714. The van der Waals surface area contributed by atoms with Gasteiger partial charge in [0.25, 0.3) is 5.91 Å². The van der Waals surface area contributed by atoms with Gasteiger partial charge >= 0.3 is 0 Å². The van der Waals surface area contributed by atoms with Crippen molar-refractivity contribution in [2.24, 2.45) is 0 Å². The standard InChI is InChI=1S/C14H10FNO2/c15-10-4-1-8(2-5-10)9-3-6-12-11(7-9)13(17)14(18)16-12/h1-7,13,17H,(H,16,18). The van der Waals surface area contributed by atoms with Crippen LogP contribution in [0.5, 0.6) is 0 Å². The van der Waals surface area contributed by atoms with E-state index in [0.717, 1.165) is 11.1 Å². The van der Waals surface area contributed by atoms with E-state index in [1.807, 2.05) is 6.07 Å². The summed E-state index contributed by atoms with van der Waals surface area (Å²) < 4.78 is 12.8. The van der Waals surface area contributed by atoms with Crippen LogP contribution >= 0.6 is 0 Å².